The maximum Gasteiger partial charge on any atom is 0.0917 e. The van der Waals surface area contributed by atoms with E-state index >= 15 is 0 Å². The van der Waals surface area contributed by atoms with Gasteiger partial charge in [-0.05, 0) is 39.2 Å². The van der Waals surface area contributed by atoms with Crippen LogP contribution in [0.1, 0.15) is 6.92 Å². The van der Waals surface area contributed by atoms with Crippen molar-refractivity contribution >= 4 is 38.2 Å². The zero-order valence-corrected chi connectivity index (χ0v) is 14.1. The van der Waals surface area contributed by atoms with Gasteiger partial charge in [0.25, 0.3) is 0 Å². The summed E-state index contributed by atoms with van der Waals surface area (Å²) < 4.78 is 0.963. The number of benzene rings is 1. The van der Waals surface area contributed by atoms with Gasteiger partial charge in [-0.1, -0.05) is 15.9 Å². The molecule has 1 unspecified atom stereocenters. The van der Waals surface area contributed by atoms with E-state index in [9.17, 15) is 5.11 Å². The molecule has 1 atom stereocenters. The molecule has 1 aromatic heterocycles. The fourth-order valence-corrected chi connectivity index (χ4v) is 2.75. The minimum Gasteiger partial charge on any atom is -0.396 e. The Bertz CT molecular complexity index is 638. The highest BCUT2D eigenvalue weighted by Gasteiger charge is 2.22. The Balaban J connectivity index is 2.29. The highest BCUT2D eigenvalue weighted by atomic mass is 79.9. The lowest BCUT2D eigenvalue weighted by molar-refractivity contribution is 0.0460. The summed E-state index contributed by atoms with van der Waals surface area (Å²) in [6.07, 6.45) is 1.64. The molecule has 21 heavy (non-hydrogen) atoms. The lowest BCUT2D eigenvalue weighted by Crippen LogP contribution is -2.43. The third kappa shape index (κ3) is 4.06. The van der Waals surface area contributed by atoms with Gasteiger partial charge in [-0.3, -0.25) is 4.98 Å². The standard InChI is InChI=1S/C15H21BrN4O/c1-15(21,9-20(2)3)8-19-14-11-6-10(16)4-5-13(11)18-7-12(14)17/h4-7,21H,8-9,17H2,1-3H3,(H,18,19). The monoisotopic (exact) mass is 352 g/mol. The molecule has 6 heteroatoms. The number of nitrogen functional groups attached to an aromatic ring is 1. The van der Waals surface area contributed by atoms with E-state index in [-0.39, 0.29) is 0 Å². The molecule has 0 radical (unpaired) electrons. The Hall–Kier alpha value is -1.37. The van der Waals surface area contributed by atoms with Gasteiger partial charge in [-0.15, -0.1) is 0 Å². The molecule has 0 aliphatic heterocycles. The second-order valence-electron chi connectivity index (χ2n) is 5.84. The van der Waals surface area contributed by atoms with Gasteiger partial charge in [0.1, 0.15) is 0 Å². The second kappa shape index (κ2) is 6.17. The van der Waals surface area contributed by atoms with Crippen LogP contribution in [0, 0.1) is 0 Å². The number of aliphatic hydroxyl groups is 1. The fourth-order valence-electron chi connectivity index (χ4n) is 2.39. The maximum atomic E-state index is 10.4. The van der Waals surface area contributed by atoms with Crippen molar-refractivity contribution < 1.29 is 5.11 Å². The topological polar surface area (TPSA) is 74.4 Å². The molecule has 0 fully saturated rings. The molecule has 0 spiro atoms. The maximum absolute atomic E-state index is 10.4. The van der Waals surface area contributed by atoms with Crippen LogP contribution in [0.5, 0.6) is 0 Å². The molecule has 0 amide bonds. The molecule has 1 aromatic carbocycles. The van der Waals surface area contributed by atoms with Crippen LogP contribution in [-0.4, -0.2) is 47.8 Å². The fraction of sp³-hybridized carbons (Fsp3) is 0.400. The summed E-state index contributed by atoms with van der Waals surface area (Å²) in [5.74, 6) is 0. The normalized spacial score (nSPS) is 14.4. The largest absolute Gasteiger partial charge is 0.396 e. The summed E-state index contributed by atoms with van der Waals surface area (Å²) in [6.45, 7) is 2.77. The van der Waals surface area contributed by atoms with E-state index in [0.717, 1.165) is 21.1 Å². The van der Waals surface area contributed by atoms with Crippen LogP contribution < -0.4 is 11.1 Å². The van der Waals surface area contributed by atoms with Gasteiger partial charge in [0.2, 0.25) is 0 Å². The zero-order valence-electron chi connectivity index (χ0n) is 12.5. The molecule has 0 saturated heterocycles. The van der Waals surface area contributed by atoms with Crippen molar-refractivity contribution in [2.24, 2.45) is 0 Å². The molecule has 0 saturated carbocycles. The van der Waals surface area contributed by atoms with E-state index in [4.69, 9.17) is 5.73 Å². The number of nitrogens with zero attached hydrogens (tertiary/aromatic N) is 2. The van der Waals surface area contributed by atoms with Gasteiger partial charge in [0, 0.05) is 22.9 Å². The number of nitrogens with two attached hydrogens (primary N) is 1. The van der Waals surface area contributed by atoms with Crippen molar-refractivity contribution in [3.63, 3.8) is 0 Å². The lowest BCUT2D eigenvalue weighted by Gasteiger charge is -2.28. The molecule has 0 aliphatic carbocycles. The Morgan fingerprint density at radius 1 is 1.43 bits per heavy atom. The first-order valence-electron chi connectivity index (χ1n) is 6.73. The van der Waals surface area contributed by atoms with Gasteiger partial charge in [0.05, 0.1) is 28.7 Å². The average Bonchev–Trinajstić information content (AvgIpc) is 2.35. The second-order valence-corrected chi connectivity index (χ2v) is 6.75. The zero-order chi connectivity index (χ0) is 15.6. The van der Waals surface area contributed by atoms with Gasteiger partial charge >= 0.3 is 0 Å². The molecule has 4 N–H and O–H groups in total. The highest BCUT2D eigenvalue weighted by Crippen LogP contribution is 2.30. The Kier molecular flexibility index (Phi) is 4.70. The Morgan fingerprint density at radius 2 is 2.14 bits per heavy atom. The van der Waals surface area contributed by atoms with Crippen LogP contribution in [0.15, 0.2) is 28.9 Å². The predicted octanol–water partition coefficient (Wildman–Crippen LogP) is 2.30. The van der Waals surface area contributed by atoms with Crippen molar-refractivity contribution in [2.75, 3.05) is 38.2 Å². The minimum atomic E-state index is -0.850. The third-order valence-corrected chi connectivity index (χ3v) is 3.66. The summed E-state index contributed by atoms with van der Waals surface area (Å²) in [6, 6.07) is 5.85. The van der Waals surface area contributed by atoms with Crippen molar-refractivity contribution in [3.8, 4) is 0 Å². The summed E-state index contributed by atoms with van der Waals surface area (Å²) in [5, 5.41) is 14.6. The van der Waals surface area contributed by atoms with Crippen LogP contribution in [0.4, 0.5) is 11.4 Å². The summed E-state index contributed by atoms with van der Waals surface area (Å²) in [7, 11) is 3.86. The molecule has 114 valence electrons. The van der Waals surface area contributed by atoms with Crippen LogP contribution in [0.2, 0.25) is 0 Å². The summed E-state index contributed by atoms with van der Waals surface area (Å²) >= 11 is 3.46. The smallest absolute Gasteiger partial charge is 0.0917 e. The van der Waals surface area contributed by atoms with Crippen molar-refractivity contribution in [2.45, 2.75) is 12.5 Å². The number of halogens is 1. The van der Waals surface area contributed by atoms with E-state index in [1.807, 2.05) is 37.2 Å². The first-order chi connectivity index (χ1) is 9.78. The first-order valence-corrected chi connectivity index (χ1v) is 7.52. The van der Waals surface area contributed by atoms with Crippen molar-refractivity contribution in [1.29, 1.82) is 0 Å². The minimum absolute atomic E-state index is 0.404. The van der Waals surface area contributed by atoms with Gasteiger partial charge in [-0.25, -0.2) is 0 Å². The molecule has 1 heterocycles. The van der Waals surface area contributed by atoms with E-state index in [0.29, 0.717) is 18.8 Å². The summed E-state index contributed by atoms with van der Waals surface area (Å²) in [4.78, 5) is 6.27. The third-order valence-electron chi connectivity index (χ3n) is 3.16. The molecule has 0 bridgehead atoms. The Labute approximate surface area is 133 Å². The molecular formula is C15H21BrN4O. The van der Waals surface area contributed by atoms with Gasteiger partial charge in [-0.2, -0.15) is 0 Å². The average molecular weight is 353 g/mol. The molecule has 5 nitrogen and oxygen atoms in total. The lowest BCUT2D eigenvalue weighted by atomic mass is 10.1. The number of nitrogens with one attached hydrogen (secondary N) is 1. The quantitative estimate of drug-likeness (QED) is 0.769. The van der Waals surface area contributed by atoms with E-state index < -0.39 is 5.60 Å². The SMILES string of the molecule is CN(C)CC(C)(O)CNc1c(N)cnc2ccc(Br)cc12. The number of hydrogen-bond acceptors (Lipinski definition) is 5. The van der Waals surface area contributed by atoms with E-state index in [1.54, 1.807) is 13.1 Å². The van der Waals surface area contributed by atoms with E-state index in [2.05, 4.69) is 26.2 Å². The number of pyridine rings is 1. The number of likely N-dealkylation sites (N-methyl/N-ethyl adjacent to an activating group) is 1. The molecule has 2 rings (SSSR count). The molecular weight excluding hydrogens is 332 g/mol. The number of rotatable bonds is 5. The molecule has 0 aliphatic rings. The number of hydrogen-bond donors (Lipinski definition) is 3. The number of anilines is 2. The van der Waals surface area contributed by atoms with Crippen LogP contribution in [-0.2, 0) is 0 Å². The van der Waals surface area contributed by atoms with E-state index in [1.165, 1.54) is 0 Å². The van der Waals surface area contributed by atoms with Crippen LogP contribution in [0.3, 0.4) is 0 Å². The van der Waals surface area contributed by atoms with Crippen molar-refractivity contribution in [3.05, 3.63) is 28.9 Å². The van der Waals surface area contributed by atoms with Crippen LogP contribution in [0.25, 0.3) is 10.9 Å². The van der Waals surface area contributed by atoms with Crippen LogP contribution >= 0.6 is 15.9 Å². The van der Waals surface area contributed by atoms with Gasteiger partial charge in [0.15, 0.2) is 0 Å². The predicted molar refractivity (Wildman–Crippen MR) is 91.5 cm³/mol. The Morgan fingerprint density at radius 3 is 2.81 bits per heavy atom. The van der Waals surface area contributed by atoms with Crippen molar-refractivity contribution in [1.82, 2.24) is 9.88 Å². The number of fused-ring (bicyclic) bond motifs is 1. The van der Waals surface area contributed by atoms with Gasteiger partial charge < -0.3 is 21.1 Å². The highest BCUT2D eigenvalue weighted by molar-refractivity contribution is 9.10. The summed E-state index contributed by atoms with van der Waals surface area (Å²) in [5.41, 5.74) is 7.42. The molecule has 2 aromatic rings. The first kappa shape index (κ1) is 16.0. The number of aromatic nitrogens is 1.